The van der Waals surface area contributed by atoms with Crippen LogP contribution in [0.1, 0.15) is 24.2 Å². The fourth-order valence-electron chi connectivity index (χ4n) is 3.17. The molecule has 0 radical (unpaired) electrons. The topological polar surface area (TPSA) is 29.5 Å². The van der Waals surface area contributed by atoms with Gasteiger partial charge in [0, 0.05) is 10.3 Å². The molecule has 1 N–H and O–H groups in total. The maximum Gasteiger partial charge on any atom is 0.125 e. The van der Waals surface area contributed by atoms with Gasteiger partial charge in [0.2, 0.25) is 0 Å². The highest BCUT2D eigenvalue weighted by Gasteiger charge is 2.54. The second-order valence-electron chi connectivity index (χ2n) is 5.60. The van der Waals surface area contributed by atoms with Gasteiger partial charge in [-0.05, 0) is 11.1 Å². The van der Waals surface area contributed by atoms with Gasteiger partial charge in [-0.15, -0.1) is 0 Å². The quantitative estimate of drug-likeness (QED) is 0.628. The lowest BCUT2D eigenvalue weighted by molar-refractivity contribution is -0.0606. The number of hydrogen-bond acceptors (Lipinski definition) is 2. The molecule has 1 fully saturated rings. The Morgan fingerprint density at radius 2 is 1.62 bits per heavy atom. The normalized spacial score (nSPS) is 32.2. The van der Waals surface area contributed by atoms with E-state index in [1.165, 1.54) is 0 Å². The van der Waals surface area contributed by atoms with E-state index in [0.717, 1.165) is 15.6 Å². The molecule has 0 amide bonds. The van der Waals surface area contributed by atoms with E-state index in [4.69, 9.17) is 4.74 Å². The van der Waals surface area contributed by atoms with Gasteiger partial charge in [-0.2, -0.15) is 0 Å². The lowest BCUT2D eigenvalue weighted by Crippen LogP contribution is -2.36. The van der Waals surface area contributed by atoms with Gasteiger partial charge in [0.1, 0.15) is 11.7 Å². The Balaban J connectivity index is 2.09. The van der Waals surface area contributed by atoms with Gasteiger partial charge in [0.15, 0.2) is 0 Å². The molecule has 0 spiro atoms. The van der Waals surface area contributed by atoms with Crippen molar-refractivity contribution in [3.63, 3.8) is 0 Å². The van der Waals surface area contributed by atoms with Gasteiger partial charge >= 0.3 is 0 Å². The summed E-state index contributed by atoms with van der Waals surface area (Å²) >= 11 is 2.33. The Morgan fingerprint density at radius 1 is 1.05 bits per heavy atom. The van der Waals surface area contributed by atoms with Gasteiger partial charge in [-0.1, -0.05) is 90.2 Å². The molecule has 1 aliphatic heterocycles. The van der Waals surface area contributed by atoms with Gasteiger partial charge in [-0.25, -0.2) is 0 Å². The summed E-state index contributed by atoms with van der Waals surface area (Å²) in [5.41, 5.74) is 0.972. The third-order valence-electron chi connectivity index (χ3n) is 4.45. The van der Waals surface area contributed by atoms with Crippen molar-refractivity contribution < 1.29 is 9.84 Å². The molecule has 0 saturated carbocycles. The molecule has 3 heteroatoms. The van der Waals surface area contributed by atoms with Crippen LogP contribution in [0, 0.1) is 5.92 Å². The van der Waals surface area contributed by atoms with Crippen molar-refractivity contribution in [3.05, 3.63) is 71.8 Å². The zero-order chi connectivity index (χ0) is 14.9. The molecule has 1 aliphatic rings. The molecule has 3 rings (SSSR count). The number of rotatable bonds is 3. The minimum absolute atomic E-state index is 0.0435. The van der Waals surface area contributed by atoms with Gasteiger partial charge in [-0.3, -0.25) is 0 Å². The summed E-state index contributed by atoms with van der Waals surface area (Å²) in [6, 6.07) is 19.9. The summed E-state index contributed by atoms with van der Waals surface area (Å²) < 4.78 is 7.09. The molecule has 110 valence electrons. The van der Waals surface area contributed by atoms with Gasteiger partial charge < -0.3 is 9.84 Å². The first-order valence-corrected chi connectivity index (χ1v) is 8.74. The lowest BCUT2D eigenvalue weighted by Gasteiger charge is -2.33. The lowest BCUT2D eigenvalue weighted by atomic mass is 9.76. The van der Waals surface area contributed by atoms with Gasteiger partial charge in [0.05, 0.1) is 6.10 Å². The average Bonchev–Trinajstić information content (AvgIpc) is 2.82. The molecule has 0 aromatic heterocycles. The Hall–Kier alpha value is -0.910. The minimum Gasteiger partial charge on any atom is -0.382 e. The van der Waals surface area contributed by atoms with Crippen LogP contribution in [0.3, 0.4) is 0 Å². The number of halogens is 1. The largest absolute Gasteiger partial charge is 0.382 e. The monoisotopic (exact) mass is 394 g/mol. The minimum atomic E-state index is -0.988. The number of hydrogen-bond donors (Lipinski definition) is 1. The predicted octanol–water partition coefficient (Wildman–Crippen LogP) is 4.09. The summed E-state index contributed by atoms with van der Waals surface area (Å²) in [4.78, 5) is 0. The smallest absolute Gasteiger partial charge is 0.125 e. The van der Waals surface area contributed by atoms with E-state index in [1.54, 1.807) is 0 Å². The van der Waals surface area contributed by atoms with Crippen molar-refractivity contribution in [1.82, 2.24) is 0 Å². The molecule has 2 aromatic carbocycles. The van der Waals surface area contributed by atoms with Crippen LogP contribution >= 0.6 is 22.6 Å². The molecule has 0 unspecified atom stereocenters. The first-order chi connectivity index (χ1) is 10.2. The van der Waals surface area contributed by atoms with E-state index in [0.29, 0.717) is 0 Å². The zero-order valence-electron chi connectivity index (χ0n) is 11.9. The van der Waals surface area contributed by atoms with Crippen LogP contribution < -0.4 is 0 Å². The average molecular weight is 394 g/mol. The molecule has 1 heterocycles. The molecule has 2 nitrogen and oxygen atoms in total. The van der Waals surface area contributed by atoms with Gasteiger partial charge in [0.25, 0.3) is 0 Å². The van der Waals surface area contributed by atoms with Crippen molar-refractivity contribution in [2.45, 2.75) is 24.7 Å². The van der Waals surface area contributed by atoms with Crippen LogP contribution in [0.4, 0.5) is 0 Å². The number of benzene rings is 2. The van der Waals surface area contributed by atoms with Crippen LogP contribution in [0.2, 0.25) is 0 Å². The van der Waals surface area contributed by atoms with Crippen molar-refractivity contribution >= 4 is 22.6 Å². The highest BCUT2D eigenvalue weighted by Crippen LogP contribution is 2.51. The highest BCUT2D eigenvalue weighted by molar-refractivity contribution is 14.1. The van der Waals surface area contributed by atoms with Crippen molar-refractivity contribution in [3.8, 4) is 0 Å². The van der Waals surface area contributed by atoms with E-state index in [-0.39, 0.29) is 18.1 Å². The molecule has 0 aliphatic carbocycles. The van der Waals surface area contributed by atoms with Crippen molar-refractivity contribution in [2.24, 2.45) is 5.92 Å². The SMILES string of the molecule is C[C@H]1[C@@H](CI)O[C@H](c2ccccc2)[C@@]1(O)c1ccccc1. The molecule has 21 heavy (non-hydrogen) atoms. The number of ether oxygens (including phenoxy) is 1. The summed E-state index contributed by atoms with van der Waals surface area (Å²) in [7, 11) is 0. The first-order valence-electron chi connectivity index (χ1n) is 7.22. The standard InChI is InChI=1S/C18H19IO2/c1-13-16(12-19)21-17(14-8-4-2-5-9-14)18(13,20)15-10-6-3-7-11-15/h2-11,13,16-17,20H,12H2,1H3/t13-,16+,17+,18-/m0/s1. The van der Waals surface area contributed by atoms with Crippen LogP contribution in [-0.2, 0) is 10.3 Å². The van der Waals surface area contributed by atoms with E-state index < -0.39 is 5.60 Å². The molecule has 1 saturated heterocycles. The molecular weight excluding hydrogens is 375 g/mol. The fourth-order valence-corrected chi connectivity index (χ4v) is 4.14. The Kier molecular flexibility index (Phi) is 4.33. The Labute approximate surface area is 139 Å². The Morgan fingerprint density at radius 3 is 2.19 bits per heavy atom. The van der Waals surface area contributed by atoms with Crippen molar-refractivity contribution in [2.75, 3.05) is 4.43 Å². The van der Waals surface area contributed by atoms with Crippen molar-refractivity contribution in [1.29, 1.82) is 0 Å². The third kappa shape index (κ3) is 2.51. The maximum absolute atomic E-state index is 11.5. The highest BCUT2D eigenvalue weighted by atomic mass is 127. The molecular formula is C18H19IO2. The zero-order valence-corrected chi connectivity index (χ0v) is 14.1. The molecule has 0 bridgehead atoms. The van der Waals surface area contributed by atoms with Crippen LogP contribution in [0.25, 0.3) is 0 Å². The maximum atomic E-state index is 11.5. The fraction of sp³-hybridized carbons (Fsp3) is 0.333. The second kappa shape index (κ2) is 6.07. The second-order valence-corrected chi connectivity index (χ2v) is 6.48. The number of aliphatic hydroxyl groups is 1. The number of alkyl halides is 1. The Bertz CT molecular complexity index is 587. The molecule has 4 atom stereocenters. The molecule has 2 aromatic rings. The summed E-state index contributed by atoms with van der Waals surface area (Å²) in [6.07, 6.45) is -0.267. The van der Waals surface area contributed by atoms with Crippen LogP contribution in [0.15, 0.2) is 60.7 Å². The first kappa shape index (κ1) is 15.0. The predicted molar refractivity (Wildman–Crippen MR) is 92.4 cm³/mol. The summed E-state index contributed by atoms with van der Waals surface area (Å²) in [5, 5.41) is 11.5. The third-order valence-corrected chi connectivity index (χ3v) is 5.32. The van der Waals surface area contributed by atoms with E-state index >= 15 is 0 Å². The van der Waals surface area contributed by atoms with Crippen LogP contribution in [0.5, 0.6) is 0 Å². The summed E-state index contributed by atoms with van der Waals surface area (Å²) in [5.74, 6) is 0.0435. The van der Waals surface area contributed by atoms with E-state index in [2.05, 4.69) is 29.5 Å². The summed E-state index contributed by atoms with van der Waals surface area (Å²) in [6.45, 7) is 2.08. The van der Waals surface area contributed by atoms with Crippen LogP contribution in [-0.4, -0.2) is 15.6 Å². The van der Waals surface area contributed by atoms with E-state index in [9.17, 15) is 5.11 Å². The van der Waals surface area contributed by atoms with E-state index in [1.807, 2.05) is 60.7 Å².